The number of methoxy groups -OCH3 is 1. The summed E-state index contributed by atoms with van der Waals surface area (Å²) in [6.07, 6.45) is 0.681. The predicted octanol–water partition coefficient (Wildman–Crippen LogP) is 1.88. The molecule has 1 aliphatic heterocycles. The number of carbonyl (C=O) groups is 2. The van der Waals surface area contributed by atoms with E-state index in [0.717, 1.165) is 12.8 Å². The molecule has 6 heteroatoms. The van der Waals surface area contributed by atoms with E-state index in [9.17, 15) is 9.59 Å². The number of hydrogen-bond acceptors (Lipinski definition) is 4. The topological polar surface area (TPSA) is 76.1 Å². The van der Waals surface area contributed by atoms with Gasteiger partial charge in [-0.3, -0.25) is 0 Å². The minimum Gasteiger partial charge on any atom is -0.479 e. The van der Waals surface area contributed by atoms with Gasteiger partial charge in [-0.25, -0.2) is 9.59 Å². The zero-order valence-electron chi connectivity index (χ0n) is 12.0. The maximum Gasteiger partial charge on any atom is 0.410 e. The molecule has 0 aromatic heterocycles. The van der Waals surface area contributed by atoms with Gasteiger partial charge in [0.1, 0.15) is 5.60 Å². The Morgan fingerprint density at radius 2 is 2.05 bits per heavy atom. The van der Waals surface area contributed by atoms with Gasteiger partial charge in [0.25, 0.3) is 0 Å². The first kappa shape index (κ1) is 15.8. The molecule has 0 saturated carbocycles. The Kier molecular flexibility index (Phi) is 5.17. The number of amides is 1. The van der Waals surface area contributed by atoms with Crippen LogP contribution in [0.4, 0.5) is 4.79 Å². The molecule has 1 aliphatic rings. The fraction of sp³-hybridized carbons (Fsp3) is 0.846. The van der Waals surface area contributed by atoms with E-state index in [1.807, 2.05) is 20.8 Å². The number of rotatable bonds is 4. The fourth-order valence-corrected chi connectivity index (χ4v) is 2.19. The Balaban J connectivity index is 2.63. The summed E-state index contributed by atoms with van der Waals surface area (Å²) < 4.78 is 10.3. The maximum atomic E-state index is 12.0. The van der Waals surface area contributed by atoms with E-state index in [0.29, 0.717) is 13.0 Å². The van der Waals surface area contributed by atoms with Crippen molar-refractivity contribution in [2.75, 3.05) is 13.7 Å². The Bertz CT molecular complexity index is 336. The predicted molar refractivity (Wildman–Crippen MR) is 69.0 cm³/mol. The number of nitrogens with zero attached hydrogens (tertiary/aromatic N) is 1. The third-order valence-electron chi connectivity index (χ3n) is 3.05. The van der Waals surface area contributed by atoms with Gasteiger partial charge in [0.2, 0.25) is 0 Å². The zero-order chi connectivity index (χ0) is 14.6. The lowest BCUT2D eigenvalue weighted by Gasteiger charge is -2.29. The molecule has 1 saturated heterocycles. The molecule has 0 bridgehead atoms. The minimum atomic E-state index is -1.00. The molecule has 0 aromatic rings. The summed E-state index contributed by atoms with van der Waals surface area (Å²) in [5.74, 6) is -1.00. The van der Waals surface area contributed by atoms with Crippen LogP contribution in [0.15, 0.2) is 0 Å². The summed E-state index contributed by atoms with van der Waals surface area (Å²) in [6, 6.07) is -0.129. The van der Waals surface area contributed by atoms with Crippen LogP contribution in [-0.2, 0) is 14.3 Å². The van der Waals surface area contributed by atoms with Crippen molar-refractivity contribution in [3.05, 3.63) is 0 Å². The smallest absolute Gasteiger partial charge is 0.410 e. The molecule has 2 atom stereocenters. The largest absolute Gasteiger partial charge is 0.479 e. The highest BCUT2D eigenvalue weighted by atomic mass is 16.6. The first-order valence-electron chi connectivity index (χ1n) is 6.50. The molecule has 6 nitrogen and oxygen atoms in total. The van der Waals surface area contributed by atoms with Crippen molar-refractivity contribution in [3.63, 3.8) is 0 Å². The van der Waals surface area contributed by atoms with Gasteiger partial charge in [-0.05, 0) is 33.6 Å². The molecule has 1 fully saturated rings. The van der Waals surface area contributed by atoms with E-state index < -0.39 is 17.7 Å². The third kappa shape index (κ3) is 4.70. The lowest BCUT2D eigenvalue weighted by Crippen LogP contribution is -2.42. The second kappa shape index (κ2) is 6.23. The van der Waals surface area contributed by atoms with Crippen LogP contribution in [-0.4, -0.2) is 53.5 Å². The van der Waals surface area contributed by atoms with Crippen molar-refractivity contribution in [3.8, 4) is 0 Å². The zero-order valence-corrected chi connectivity index (χ0v) is 12.0. The standard InChI is InChI=1S/C13H23NO5/c1-13(2,3)19-12(17)14-7-5-6-9(14)8-10(18-4)11(15)16/h9-10H,5-8H2,1-4H3,(H,15,16). The minimum absolute atomic E-state index is 0.129. The monoisotopic (exact) mass is 273 g/mol. The molecule has 1 amide bonds. The normalized spacial score (nSPS) is 21.3. The molecule has 0 spiro atoms. The Labute approximate surface area is 113 Å². The van der Waals surface area contributed by atoms with E-state index >= 15 is 0 Å². The van der Waals surface area contributed by atoms with Crippen LogP contribution in [0.5, 0.6) is 0 Å². The van der Waals surface area contributed by atoms with Crippen LogP contribution < -0.4 is 0 Å². The van der Waals surface area contributed by atoms with E-state index in [4.69, 9.17) is 14.6 Å². The second-order valence-corrected chi connectivity index (χ2v) is 5.77. The molecule has 19 heavy (non-hydrogen) atoms. The van der Waals surface area contributed by atoms with Gasteiger partial charge < -0.3 is 19.5 Å². The van der Waals surface area contributed by atoms with Gasteiger partial charge in [0.15, 0.2) is 6.10 Å². The molecule has 110 valence electrons. The molecule has 1 rings (SSSR count). The van der Waals surface area contributed by atoms with Gasteiger partial charge >= 0.3 is 12.1 Å². The summed E-state index contributed by atoms with van der Waals surface area (Å²) in [6.45, 7) is 6.04. The molecule has 1 heterocycles. The van der Waals surface area contributed by atoms with Crippen molar-refractivity contribution >= 4 is 12.1 Å². The highest BCUT2D eigenvalue weighted by molar-refractivity contribution is 5.73. The first-order chi connectivity index (χ1) is 8.74. The number of ether oxygens (including phenoxy) is 2. The van der Waals surface area contributed by atoms with Gasteiger partial charge in [-0.1, -0.05) is 0 Å². The summed E-state index contributed by atoms with van der Waals surface area (Å²) in [5.41, 5.74) is -0.544. The number of carboxylic acid groups (broad SMARTS) is 1. The first-order valence-corrected chi connectivity index (χ1v) is 6.50. The van der Waals surface area contributed by atoms with Crippen LogP contribution >= 0.6 is 0 Å². The summed E-state index contributed by atoms with van der Waals surface area (Å²) in [4.78, 5) is 24.6. The highest BCUT2D eigenvalue weighted by Crippen LogP contribution is 2.24. The van der Waals surface area contributed by atoms with Crippen LogP contribution in [0.1, 0.15) is 40.0 Å². The van der Waals surface area contributed by atoms with Crippen molar-refractivity contribution in [1.29, 1.82) is 0 Å². The Morgan fingerprint density at radius 3 is 2.53 bits per heavy atom. The van der Waals surface area contributed by atoms with Gasteiger partial charge in [-0.2, -0.15) is 0 Å². The van der Waals surface area contributed by atoms with Crippen LogP contribution in [0.25, 0.3) is 0 Å². The number of carboxylic acids is 1. The quantitative estimate of drug-likeness (QED) is 0.846. The van der Waals surface area contributed by atoms with Crippen molar-refractivity contribution < 1.29 is 24.2 Å². The van der Waals surface area contributed by atoms with Gasteiger partial charge in [-0.15, -0.1) is 0 Å². The van der Waals surface area contributed by atoms with Crippen molar-refractivity contribution in [1.82, 2.24) is 4.90 Å². The van der Waals surface area contributed by atoms with E-state index in [-0.39, 0.29) is 12.1 Å². The molecule has 0 aliphatic carbocycles. The summed E-state index contributed by atoms with van der Waals surface area (Å²) >= 11 is 0. The average molecular weight is 273 g/mol. The van der Waals surface area contributed by atoms with Crippen LogP contribution in [0, 0.1) is 0 Å². The Hall–Kier alpha value is -1.30. The molecular weight excluding hydrogens is 250 g/mol. The fourth-order valence-electron chi connectivity index (χ4n) is 2.19. The van der Waals surface area contributed by atoms with Gasteiger partial charge in [0, 0.05) is 26.1 Å². The van der Waals surface area contributed by atoms with E-state index in [1.54, 1.807) is 4.90 Å². The summed E-state index contributed by atoms with van der Waals surface area (Å²) in [7, 11) is 1.37. The lowest BCUT2D eigenvalue weighted by atomic mass is 10.1. The van der Waals surface area contributed by atoms with E-state index in [1.165, 1.54) is 7.11 Å². The molecule has 0 radical (unpaired) electrons. The number of aliphatic carboxylic acids is 1. The number of likely N-dealkylation sites (tertiary alicyclic amines) is 1. The van der Waals surface area contributed by atoms with Gasteiger partial charge in [0.05, 0.1) is 0 Å². The molecular formula is C13H23NO5. The Morgan fingerprint density at radius 1 is 1.42 bits per heavy atom. The SMILES string of the molecule is COC(CC1CCCN1C(=O)OC(C)(C)C)C(=O)O. The molecule has 1 N–H and O–H groups in total. The van der Waals surface area contributed by atoms with Crippen molar-refractivity contribution in [2.45, 2.75) is 57.8 Å². The summed E-state index contributed by atoms with van der Waals surface area (Å²) in [5, 5.41) is 8.99. The second-order valence-electron chi connectivity index (χ2n) is 5.77. The maximum absolute atomic E-state index is 12.0. The molecule has 2 unspecified atom stereocenters. The number of carbonyl (C=O) groups excluding carboxylic acids is 1. The van der Waals surface area contributed by atoms with Crippen LogP contribution in [0.2, 0.25) is 0 Å². The molecule has 0 aromatic carbocycles. The lowest BCUT2D eigenvalue weighted by molar-refractivity contribution is -0.149. The average Bonchev–Trinajstić information content (AvgIpc) is 2.70. The van der Waals surface area contributed by atoms with Crippen molar-refractivity contribution in [2.24, 2.45) is 0 Å². The van der Waals surface area contributed by atoms with Crippen LogP contribution in [0.3, 0.4) is 0 Å². The highest BCUT2D eigenvalue weighted by Gasteiger charge is 2.35. The third-order valence-corrected chi connectivity index (χ3v) is 3.05. The van der Waals surface area contributed by atoms with E-state index in [2.05, 4.69) is 0 Å². The number of hydrogen-bond donors (Lipinski definition) is 1.